The lowest BCUT2D eigenvalue weighted by Crippen LogP contribution is -2.38. The molecule has 0 amide bonds. The molecule has 0 saturated carbocycles. The molecule has 3 rings (SSSR count). The Hall–Kier alpha value is -0.730. The van der Waals surface area contributed by atoms with Crippen molar-refractivity contribution in [2.24, 2.45) is 5.92 Å². The fraction of sp³-hybridized carbons (Fsp3) is 0.625. The molecule has 1 heterocycles. The summed E-state index contributed by atoms with van der Waals surface area (Å²) >= 11 is 0. The van der Waals surface area contributed by atoms with Crippen LogP contribution in [0.4, 0.5) is 0 Å². The van der Waals surface area contributed by atoms with Crippen LogP contribution < -0.4 is 4.74 Å². The summed E-state index contributed by atoms with van der Waals surface area (Å²) in [6, 6.07) is 7.32. The summed E-state index contributed by atoms with van der Waals surface area (Å²) in [5.74, 6) is 1.94. The first-order valence-corrected chi connectivity index (χ1v) is 7.22. The first-order valence-electron chi connectivity index (χ1n) is 7.22. The molecule has 19 heavy (non-hydrogen) atoms. The van der Waals surface area contributed by atoms with E-state index in [0.717, 1.165) is 17.7 Å². The monoisotopic (exact) mass is 281 g/mol. The van der Waals surface area contributed by atoms with Crippen molar-refractivity contribution in [2.45, 2.75) is 38.6 Å². The van der Waals surface area contributed by atoms with Crippen LogP contribution in [0, 0.1) is 5.92 Å². The Kier molecular flexibility index (Phi) is 4.75. The summed E-state index contributed by atoms with van der Waals surface area (Å²) in [5.41, 5.74) is 2.98. The zero-order valence-electron chi connectivity index (χ0n) is 11.9. The van der Waals surface area contributed by atoms with E-state index in [-0.39, 0.29) is 12.4 Å². The van der Waals surface area contributed by atoms with Crippen molar-refractivity contribution in [3.63, 3.8) is 0 Å². The summed E-state index contributed by atoms with van der Waals surface area (Å²) in [4.78, 5) is 2.70. The van der Waals surface area contributed by atoms with E-state index < -0.39 is 0 Å². The second-order valence-electron chi connectivity index (χ2n) is 5.66. The van der Waals surface area contributed by atoms with Crippen LogP contribution in [0.15, 0.2) is 18.2 Å². The minimum absolute atomic E-state index is 0. The Labute approximate surface area is 122 Å². The maximum Gasteiger partial charge on any atom is 0.122 e. The van der Waals surface area contributed by atoms with Gasteiger partial charge in [-0.1, -0.05) is 19.1 Å². The molecule has 0 bridgehead atoms. The fourth-order valence-electron chi connectivity index (χ4n) is 3.80. The van der Waals surface area contributed by atoms with E-state index in [0.29, 0.717) is 0 Å². The second kappa shape index (κ2) is 6.15. The number of fused-ring (bicyclic) bond motifs is 2. The van der Waals surface area contributed by atoms with Gasteiger partial charge < -0.3 is 4.74 Å². The highest BCUT2D eigenvalue weighted by molar-refractivity contribution is 5.85. The zero-order chi connectivity index (χ0) is 12.5. The molecule has 1 aromatic rings. The first kappa shape index (κ1) is 14.7. The molecular weight excluding hydrogens is 258 g/mol. The van der Waals surface area contributed by atoms with Crippen LogP contribution in [0.5, 0.6) is 5.75 Å². The third kappa shape index (κ3) is 2.61. The van der Waals surface area contributed by atoms with Gasteiger partial charge in [0.05, 0.1) is 7.11 Å². The molecule has 1 fully saturated rings. The summed E-state index contributed by atoms with van der Waals surface area (Å²) in [7, 11) is 1.79. The van der Waals surface area contributed by atoms with Crippen molar-refractivity contribution < 1.29 is 4.74 Å². The van der Waals surface area contributed by atoms with Crippen molar-refractivity contribution in [3.8, 4) is 5.75 Å². The van der Waals surface area contributed by atoms with Gasteiger partial charge in [-0.3, -0.25) is 4.90 Å². The highest BCUT2D eigenvalue weighted by Gasteiger charge is 2.37. The molecule has 2 atom stereocenters. The molecule has 0 aromatic heterocycles. The van der Waals surface area contributed by atoms with E-state index >= 15 is 0 Å². The van der Waals surface area contributed by atoms with Crippen LogP contribution in [0.2, 0.25) is 0 Å². The van der Waals surface area contributed by atoms with E-state index in [1.807, 2.05) is 0 Å². The van der Waals surface area contributed by atoms with Crippen LogP contribution in [0.1, 0.15) is 30.9 Å². The van der Waals surface area contributed by atoms with E-state index in [9.17, 15) is 0 Å². The molecule has 0 N–H and O–H groups in total. The van der Waals surface area contributed by atoms with Gasteiger partial charge in [-0.2, -0.15) is 0 Å². The molecule has 1 aliphatic heterocycles. The average Bonchev–Trinajstić information content (AvgIpc) is 2.79. The third-order valence-corrected chi connectivity index (χ3v) is 4.66. The van der Waals surface area contributed by atoms with Crippen LogP contribution >= 0.6 is 12.4 Å². The van der Waals surface area contributed by atoms with Gasteiger partial charge in [0, 0.05) is 6.04 Å². The number of methoxy groups -OCH3 is 1. The van der Waals surface area contributed by atoms with Gasteiger partial charge in [0.15, 0.2) is 0 Å². The largest absolute Gasteiger partial charge is 0.496 e. The molecule has 0 spiro atoms. The number of hydrogen-bond donors (Lipinski definition) is 0. The van der Waals surface area contributed by atoms with Crippen molar-refractivity contribution in [1.29, 1.82) is 0 Å². The minimum Gasteiger partial charge on any atom is -0.496 e. The van der Waals surface area contributed by atoms with Crippen LogP contribution in [0.3, 0.4) is 0 Å². The van der Waals surface area contributed by atoms with Gasteiger partial charge in [0.25, 0.3) is 0 Å². The van der Waals surface area contributed by atoms with Crippen molar-refractivity contribution in [2.75, 3.05) is 20.2 Å². The van der Waals surface area contributed by atoms with Gasteiger partial charge in [-0.15, -0.1) is 12.4 Å². The number of ether oxygens (including phenoxy) is 1. The maximum absolute atomic E-state index is 5.52. The van der Waals surface area contributed by atoms with E-state index in [1.165, 1.54) is 49.9 Å². The predicted molar refractivity (Wildman–Crippen MR) is 81.4 cm³/mol. The Balaban J connectivity index is 0.00000133. The van der Waals surface area contributed by atoms with E-state index in [4.69, 9.17) is 4.74 Å². The Bertz CT molecular complexity index is 435. The number of likely N-dealkylation sites (tertiary alicyclic amines) is 1. The lowest BCUT2D eigenvalue weighted by Gasteiger charge is -2.33. The molecule has 3 heteroatoms. The molecule has 0 unspecified atom stereocenters. The molecule has 106 valence electrons. The van der Waals surface area contributed by atoms with Crippen LogP contribution in [0.25, 0.3) is 0 Å². The molecule has 1 saturated heterocycles. The topological polar surface area (TPSA) is 12.5 Å². The van der Waals surface area contributed by atoms with Gasteiger partial charge in [-0.25, -0.2) is 0 Å². The summed E-state index contributed by atoms with van der Waals surface area (Å²) in [6.45, 7) is 4.84. The Morgan fingerprint density at radius 1 is 1.32 bits per heavy atom. The fourth-order valence-corrected chi connectivity index (χ4v) is 3.80. The van der Waals surface area contributed by atoms with Crippen molar-refractivity contribution in [1.82, 2.24) is 4.90 Å². The van der Waals surface area contributed by atoms with E-state index in [1.54, 1.807) is 7.11 Å². The summed E-state index contributed by atoms with van der Waals surface area (Å²) in [5, 5.41) is 0. The molecule has 2 nitrogen and oxygen atoms in total. The summed E-state index contributed by atoms with van der Waals surface area (Å²) in [6.07, 6.45) is 5.07. The minimum atomic E-state index is 0. The van der Waals surface area contributed by atoms with Crippen molar-refractivity contribution in [3.05, 3.63) is 29.3 Å². The number of benzene rings is 1. The molecule has 1 aromatic carbocycles. The van der Waals surface area contributed by atoms with Gasteiger partial charge >= 0.3 is 0 Å². The number of hydrogen-bond acceptors (Lipinski definition) is 2. The molecular formula is C16H24ClNO. The maximum atomic E-state index is 5.52. The highest BCUT2D eigenvalue weighted by atomic mass is 35.5. The number of rotatable bonds is 3. The summed E-state index contributed by atoms with van der Waals surface area (Å²) < 4.78 is 5.52. The Morgan fingerprint density at radius 2 is 2.16 bits per heavy atom. The SMILES string of the molecule is CCCN1CC[C@H]2Cc3c(cccc3OC)C[C@@H]21.Cl. The Morgan fingerprint density at radius 3 is 2.89 bits per heavy atom. The quantitative estimate of drug-likeness (QED) is 0.843. The second-order valence-corrected chi connectivity index (χ2v) is 5.66. The van der Waals surface area contributed by atoms with Crippen LogP contribution in [-0.2, 0) is 12.8 Å². The zero-order valence-corrected chi connectivity index (χ0v) is 12.7. The van der Waals surface area contributed by atoms with Gasteiger partial charge in [0.1, 0.15) is 5.75 Å². The van der Waals surface area contributed by atoms with Gasteiger partial charge in [-0.05, 0) is 61.9 Å². The highest BCUT2D eigenvalue weighted by Crippen LogP contribution is 2.39. The van der Waals surface area contributed by atoms with E-state index in [2.05, 4.69) is 30.0 Å². The standard InChI is InChI=1S/C16H23NO.ClH/c1-3-8-17-9-7-13-10-14-12(11-15(13)17)5-4-6-16(14)18-2;/h4-6,13,15H,3,7-11H2,1-2H3;1H/t13-,15-;/m0./s1. The number of halogens is 1. The molecule has 1 aliphatic carbocycles. The van der Waals surface area contributed by atoms with Crippen LogP contribution in [-0.4, -0.2) is 31.1 Å². The number of nitrogens with zero attached hydrogens (tertiary/aromatic N) is 1. The smallest absolute Gasteiger partial charge is 0.122 e. The first-order chi connectivity index (χ1) is 8.83. The van der Waals surface area contributed by atoms with Gasteiger partial charge in [0.2, 0.25) is 0 Å². The molecule has 2 aliphatic rings. The normalized spacial score (nSPS) is 25.4. The molecule has 0 radical (unpaired) electrons. The lowest BCUT2D eigenvalue weighted by atomic mass is 9.80. The predicted octanol–water partition coefficient (Wildman–Crippen LogP) is 3.32. The average molecular weight is 282 g/mol. The third-order valence-electron chi connectivity index (χ3n) is 4.66. The lowest BCUT2D eigenvalue weighted by molar-refractivity contribution is 0.215. The van der Waals surface area contributed by atoms with Crippen molar-refractivity contribution >= 4 is 12.4 Å².